The van der Waals surface area contributed by atoms with Crippen LogP contribution in [0.15, 0.2) is 48.8 Å². The molecule has 6 heteroatoms. The first-order chi connectivity index (χ1) is 11.5. The summed E-state index contributed by atoms with van der Waals surface area (Å²) < 4.78 is 0. The molecule has 1 heterocycles. The van der Waals surface area contributed by atoms with Crippen molar-refractivity contribution in [3.8, 4) is 0 Å². The van der Waals surface area contributed by atoms with Gasteiger partial charge in [-0.3, -0.25) is 14.6 Å². The van der Waals surface area contributed by atoms with E-state index in [2.05, 4.69) is 15.6 Å². The maximum Gasteiger partial charge on any atom is 0.255 e. The topological polar surface area (TPSA) is 97.1 Å². The average molecular weight is 326 g/mol. The highest BCUT2D eigenvalue weighted by molar-refractivity contribution is 6.04. The minimum absolute atomic E-state index is 0.0873. The van der Waals surface area contributed by atoms with Crippen molar-refractivity contribution >= 4 is 17.5 Å². The molecule has 0 unspecified atom stereocenters. The monoisotopic (exact) mass is 326 g/mol. The summed E-state index contributed by atoms with van der Waals surface area (Å²) in [6.45, 7) is 4.19. The molecule has 1 aromatic carbocycles. The highest BCUT2D eigenvalue weighted by Crippen LogP contribution is 2.09. The van der Waals surface area contributed by atoms with Crippen molar-refractivity contribution in [3.63, 3.8) is 0 Å². The van der Waals surface area contributed by atoms with Crippen LogP contribution in [-0.4, -0.2) is 22.8 Å². The summed E-state index contributed by atoms with van der Waals surface area (Å²) >= 11 is 0. The van der Waals surface area contributed by atoms with Crippen molar-refractivity contribution in [2.24, 2.45) is 11.7 Å². The van der Waals surface area contributed by atoms with Crippen molar-refractivity contribution in [2.45, 2.75) is 26.4 Å². The number of hydrogen-bond acceptors (Lipinski definition) is 4. The Labute approximate surface area is 141 Å². The van der Waals surface area contributed by atoms with E-state index in [1.165, 1.54) is 0 Å². The van der Waals surface area contributed by atoms with Gasteiger partial charge in [-0.1, -0.05) is 26.0 Å². The molecule has 0 saturated carbocycles. The van der Waals surface area contributed by atoms with E-state index >= 15 is 0 Å². The predicted octanol–water partition coefficient (Wildman–Crippen LogP) is 1.93. The van der Waals surface area contributed by atoms with Gasteiger partial charge in [0.15, 0.2) is 0 Å². The van der Waals surface area contributed by atoms with E-state index in [0.29, 0.717) is 17.8 Å². The maximum atomic E-state index is 12.1. The van der Waals surface area contributed by atoms with Crippen molar-refractivity contribution in [1.29, 1.82) is 0 Å². The highest BCUT2D eigenvalue weighted by Gasteiger charge is 2.16. The van der Waals surface area contributed by atoms with Crippen LogP contribution in [0.2, 0.25) is 0 Å². The van der Waals surface area contributed by atoms with Crippen molar-refractivity contribution in [2.75, 3.05) is 5.32 Å². The predicted molar refractivity (Wildman–Crippen MR) is 93.3 cm³/mol. The lowest BCUT2D eigenvalue weighted by atomic mass is 10.0. The number of nitrogens with zero attached hydrogens (tertiary/aromatic N) is 1. The minimum Gasteiger partial charge on any atom is -0.351 e. The van der Waals surface area contributed by atoms with Crippen LogP contribution in [0.4, 0.5) is 5.69 Å². The fourth-order valence-corrected chi connectivity index (χ4v) is 2.02. The SMILES string of the molecule is CC(C)[C@H](N)C(=O)NCc1ccc(C(=O)Nc2ccncc2)cc1. The quantitative estimate of drug-likeness (QED) is 0.755. The molecule has 0 aliphatic heterocycles. The number of amides is 2. The van der Waals surface area contributed by atoms with Gasteiger partial charge in [-0.2, -0.15) is 0 Å². The molecule has 4 N–H and O–H groups in total. The number of rotatable bonds is 6. The van der Waals surface area contributed by atoms with Crippen LogP contribution >= 0.6 is 0 Å². The molecule has 0 spiro atoms. The first-order valence-corrected chi connectivity index (χ1v) is 7.81. The van der Waals surface area contributed by atoms with Gasteiger partial charge in [0.1, 0.15) is 0 Å². The zero-order valence-corrected chi connectivity index (χ0v) is 13.8. The fraction of sp³-hybridized carbons (Fsp3) is 0.278. The molecule has 1 aromatic heterocycles. The number of carbonyl (C=O) groups excluding carboxylic acids is 2. The average Bonchev–Trinajstić information content (AvgIpc) is 2.60. The molecule has 6 nitrogen and oxygen atoms in total. The lowest BCUT2D eigenvalue weighted by Crippen LogP contribution is -2.43. The Morgan fingerprint density at radius 1 is 1.08 bits per heavy atom. The van der Waals surface area contributed by atoms with Gasteiger partial charge in [-0.25, -0.2) is 0 Å². The van der Waals surface area contributed by atoms with E-state index in [1.54, 1.807) is 36.7 Å². The van der Waals surface area contributed by atoms with Gasteiger partial charge in [0.05, 0.1) is 6.04 Å². The first kappa shape index (κ1) is 17.6. The summed E-state index contributed by atoms with van der Waals surface area (Å²) in [4.78, 5) is 27.9. The van der Waals surface area contributed by atoms with Gasteiger partial charge in [0.2, 0.25) is 5.91 Å². The molecule has 0 saturated heterocycles. The van der Waals surface area contributed by atoms with E-state index in [-0.39, 0.29) is 17.7 Å². The zero-order valence-electron chi connectivity index (χ0n) is 13.8. The molecule has 0 aliphatic rings. The van der Waals surface area contributed by atoms with E-state index < -0.39 is 6.04 Å². The summed E-state index contributed by atoms with van der Waals surface area (Å²) in [6.07, 6.45) is 3.23. The molecule has 0 bridgehead atoms. The normalized spacial score (nSPS) is 11.8. The lowest BCUT2D eigenvalue weighted by molar-refractivity contribution is -0.123. The molecular weight excluding hydrogens is 304 g/mol. The summed E-state index contributed by atoms with van der Waals surface area (Å²) in [5.74, 6) is -0.285. The first-order valence-electron chi connectivity index (χ1n) is 7.81. The number of aromatic nitrogens is 1. The summed E-state index contributed by atoms with van der Waals surface area (Å²) in [6, 6.07) is 9.99. The number of nitrogens with one attached hydrogen (secondary N) is 2. The smallest absolute Gasteiger partial charge is 0.255 e. The van der Waals surface area contributed by atoms with Crippen molar-refractivity contribution in [3.05, 3.63) is 59.9 Å². The number of hydrogen-bond donors (Lipinski definition) is 3. The number of pyridine rings is 1. The third kappa shape index (κ3) is 4.89. The summed E-state index contributed by atoms with van der Waals surface area (Å²) in [7, 11) is 0. The molecule has 2 aromatic rings. The lowest BCUT2D eigenvalue weighted by Gasteiger charge is -2.15. The Kier molecular flexibility index (Phi) is 6.03. The molecule has 126 valence electrons. The van der Waals surface area contributed by atoms with Crippen LogP contribution in [0.3, 0.4) is 0 Å². The van der Waals surface area contributed by atoms with Crippen LogP contribution in [0.1, 0.15) is 29.8 Å². The number of nitrogens with two attached hydrogens (primary N) is 1. The molecular formula is C18H22N4O2. The van der Waals surface area contributed by atoms with Gasteiger partial charge in [0, 0.05) is 30.2 Å². The molecule has 0 aliphatic carbocycles. The van der Waals surface area contributed by atoms with Gasteiger partial charge in [0.25, 0.3) is 5.91 Å². The number of benzene rings is 1. The van der Waals surface area contributed by atoms with Gasteiger partial charge in [-0.05, 0) is 35.7 Å². The Bertz CT molecular complexity index is 684. The Morgan fingerprint density at radius 2 is 1.71 bits per heavy atom. The number of carbonyl (C=O) groups is 2. The van der Waals surface area contributed by atoms with E-state index in [1.807, 2.05) is 26.0 Å². The van der Waals surface area contributed by atoms with Crippen LogP contribution < -0.4 is 16.4 Å². The Balaban J connectivity index is 1.91. The Morgan fingerprint density at radius 3 is 2.29 bits per heavy atom. The van der Waals surface area contributed by atoms with Crippen molar-refractivity contribution in [1.82, 2.24) is 10.3 Å². The van der Waals surface area contributed by atoms with Crippen LogP contribution in [-0.2, 0) is 11.3 Å². The second-order valence-corrected chi connectivity index (χ2v) is 5.87. The second kappa shape index (κ2) is 8.21. The van der Waals surface area contributed by atoms with Crippen molar-refractivity contribution < 1.29 is 9.59 Å². The van der Waals surface area contributed by atoms with Crippen LogP contribution in [0, 0.1) is 5.92 Å². The fourth-order valence-electron chi connectivity index (χ4n) is 2.02. The van der Waals surface area contributed by atoms with E-state index in [0.717, 1.165) is 5.56 Å². The van der Waals surface area contributed by atoms with E-state index in [9.17, 15) is 9.59 Å². The molecule has 2 rings (SSSR count). The minimum atomic E-state index is -0.518. The summed E-state index contributed by atoms with van der Waals surface area (Å²) in [5, 5.41) is 5.59. The molecule has 0 radical (unpaired) electrons. The molecule has 1 atom stereocenters. The maximum absolute atomic E-state index is 12.1. The zero-order chi connectivity index (χ0) is 17.5. The molecule has 0 fully saturated rings. The Hall–Kier alpha value is -2.73. The number of anilines is 1. The molecule has 24 heavy (non-hydrogen) atoms. The third-order valence-corrected chi connectivity index (χ3v) is 3.64. The second-order valence-electron chi connectivity index (χ2n) is 5.87. The molecule has 2 amide bonds. The largest absolute Gasteiger partial charge is 0.351 e. The highest BCUT2D eigenvalue weighted by atomic mass is 16.2. The van der Waals surface area contributed by atoms with Gasteiger partial charge in [-0.15, -0.1) is 0 Å². The van der Waals surface area contributed by atoms with Crippen LogP contribution in [0.25, 0.3) is 0 Å². The third-order valence-electron chi connectivity index (χ3n) is 3.64. The van der Waals surface area contributed by atoms with Crippen LogP contribution in [0.5, 0.6) is 0 Å². The van der Waals surface area contributed by atoms with E-state index in [4.69, 9.17) is 5.73 Å². The standard InChI is InChI=1S/C18H22N4O2/c1-12(2)16(19)18(24)21-11-13-3-5-14(6-4-13)17(23)22-15-7-9-20-10-8-15/h3-10,12,16H,11,19H2,1-2H3,(H,21,24)(H,20,22,23)/t16-/m0/s1. The van der Waals surface area contributed by atoms with Gasteiger partial charge < -0.3 is 16.4 Å². The van der Waals surface area contributed by atoms with Gasteiger partial charge >= 0.3 is 0 Å². The summed E-state index contributed by atoms with van der Waals surface area (Å²) in [5.41, 5.74) is 7.93.